The van der Waals surface area contributed by atoms with Gasteiger partial charge in [-0.15, -0.1) is 0 Å². The molecule has 7 heavy (non-hydrogen) atoms. The Morgan fingerprint density at radius 3 is 2.57 bits per heavy atom. The van der Waals surface area contributed by atoms with E-state index in [9.17, 15) is 4.79 Å². The molecule has 1 heterocycles. The van der Waals surface area contributed by atoms with Gasteiger partial charge in [-0.05, 0) is 6.61 Å². The minimum Gasteiger partial charge on any atom is -0.671 e. The first-order chi connectivity index (χ1) is 2.89. The van der Waals surface area contributed by atoms with E-state index in [1.54, 1.807) is 0 Å². The van der Waals surface area contributed by atoms with E-state index in [0.29, 0.717) is 0 Å². The van der Waals surface area contributed by atoms with Gasteiger partial charge in [-0.2, -0.15) is 0 Å². The largest absolute Gasteiger partial charge is 0.671 e. The van der Waals surface area contributed by atoms with E-state index in [-0.39, 0.29) is 20.4 Å². The predicted octanol–water partition coefficient (Wildman–Crippen LogP) is -0.270. The summed E-state index contributed by atoms with van der Waals surface area (Å²) in [6, 6.07) is 0. The molecule has 0 aromatic carbocycles. The van der Waals surface area contributed by atoms with Crippen LogP contribution in [0.4, 0.5) is 0 Å². The van der Waals surface area contributed by atoms with E-state index in [2.05, 4.69) is 9.47 Å². The van der Waals surface area contributed by atoms with Crippen molar-refractivity contribution in [1.29, 1.82) is 0 Å². The topological polar surface area (TPSA) is 39.1 Å². The third-order valence-electron chi connectivity index (χ3n) is 0.410. The molecule has 0 unspecified atom stereocenters. The summed E-state index contributed by atoms with van der Waals surface area (Å²) in [5, 5.41) is 0. The van der Waals surface area contributed by atoms with Gasteiger partial charge in [-0.1, -0.05) is 0 Å². The maximum Gasteiger partial charge on any atom is 0.211 e. The molecule has 1 aliphatic rings. The van der Waals surface area contributed by atoms with E-state index in [4.69, 9.17) is 0 Å². The van der Waals surface area contributed by atoms with Crippen molar-refractivity contribution in [3.05, 3.63) is 13.4 Å². The maximum absolute atomic E-state index is 9.84. The fourth-order valence-electron chi connectivity index (χ4n) is 0.204. The number of carbonyl (C=O) groups excluding carboxylic acids is 1. The van der Waals surface area contributed by atoms with Crippen molar-refractivity contribution in [2.75, 3.05) is 0 Å². The maximum atomic E-state index is 9.84. The number of ether oxygens (including phenoxy) is 2. The standard InChI is InChI=1S/C3H3O3.Re/c4-3-1-5-2-6-3;/h1-2,5H;/q-1;. The second-order valence-electron chi connectivity index (χ2n) is 0.820. The Kier molecular flexibility index (Phi) is 3.01. The van der Waals surface area contributed by atoms with Crippen LogP contribution >= 0.6 is 0 Å². The van der Waals surface area contributed by atoms with Crippen LogP contribution in [0.15, 0.2) is 0 Å². The molecular formula is C3H3O3Re-. The molecule has 0 saturated carbocycles. The summed E-state index contributed by atoms with van der Waals surface area (Å²) in [7, 11) is 0. The summed E-state index contributed by atoms with van der Waals surface area (Å²) < 4.78 is 7.51. The molecule has 1 saturated heterocycles. The minimum atomic E-state index is -0.394. The van der Waals surface area contributed by atoms with E-state index >= 15 is 0 Å². The Labute approximate surface area is 54.6 Å². The minimum absolute atomic E-state index is 0. The molecule has 0 aromatic rings. The number of hydrogen-bond acceptors (Lipinski definition) is 2. The molecule has 1 radical (unpaired) electrons. The smallest absolute Gasteiger partial charge is 0.211 e. The van der Waals surface area contributed by atoms with Crippen molar-refractivity contribution in [3.63, 3.8) is 0 Å². The molecule has 0 aromatic heterocycles. The Balaban J connectivity index is 0.000000360. The first-order valence-electron chi connectivity index (χ1n) is 1.45. The molecule has 3 nitrogen and oxygen atoms in total. The zero-order valence-corrected chi connectivity index (χ0v) is 6.01. The normalized spacial score (nSPS) is 16.9. The van der Waals surface area contributed by atoms with Crippen molar-refractivity contribution >= 4 is 5.97 Å². The molecule has 1 rings (SSSR count). The molecule has 0 spiro atoms. The third-order valence-corrected chi connectivity index (χ3v) is 0.410. The van der Waals surface area contributed by atoms with E-state index < -0.39 is 5.97 Å². The van der Waals surface area contributed by atoms with Gasteiger partial charge in [0, 0.05) is 20.4 Å². The first kappa shape index (κ1) is 6.96. The van der Waals surface area contributed by atoms with Crippen LogP contribution in [0.5, 0.6) is 0 Å². The molecule has 1 N–H and O–H groups in total. The summed E-state index contributed by atoms with van der Waals surface area (Å²) in [4.78, 5) is 9.84. The first-order valence-corrected chi connectivity index (χ1v) is 1.45. The van der Waals surface area contributed by atoms with Crippen molar-refractivity contribution < 1.29 is 34.7 Å². The van der Waals surface area contributed by atoms with Crippen LogP contribution in [-0.4, -0.2) is 10.7 Å². The fraction of sp³-hybridized carbons (Fsp3) is 0. The Bertz CT molecular complexity index is 64.6. The molecule has 1 aliphatic heterocycles. The van der Waals surface area contributed by atoms with Crippen molar-refractivity contribution in [2.45, 2.75) is 0 Å². The van der Waals surface area contributed by atoms with Gasteiger partial charge in [0.05, 0.1) is 0 Å². The monoisotopic (exact) mass is 274 g/mol. The van der Waals surface area contributed by atoms with Crippen LogP contribution in [0.3, 0.4) is 0 Å². The van der Waals surface area contributed by atoms with Crippen LogP contribution in [0.1, 0.15) is 0 Å². The summed E-state index contributed by atoms with van der Waals surface area (Å²) in [6.07, 6.45) is 0. The predicted molar refractivity (Wildman–Crippen MR) is 16.6 cm³/mol. The van der Waals surface area contributed by atoms with Gasteiger partial charge in [0.1, 0.15) is 6.79 Å². The van der Waals surface area contributed by atoms with Gasteiger partial charge in [-0.3, -0.25) is 4.79 Å². The van der Waals surface area contributed by atoms with Crippen LogP contribution in [0, 0.1) is 13.4 Å². The van der Waals surface area contributed by atoms with Crippen molar-refractivity contribution in [1.82, 2.24) is 0 Å². The zero-order valence-electron chi connectivity index (χ0n) is 3.30. The van der Waals surface area contributed by atoms with Crippen molar-refractivity contribution in [3.8, 4) is 0 Å². The number of hydrogen-bond donors (Lipinski definition) is 0. The van der Waals surface area contributed by atoms with Crippen LogP contribution < -0.4 is 0 Å². The second-order valence-corrected chi connectivity index (χ2v) is 0.820. The van der Waals surface area contributed by atoms with E-state index in [1.807, 2.05) is 0 Å². The fourth-order valence-corrected chi connectivity index (χ4v) is 0.204. The second kappa shape index (κ2) is 3.03. The Morgan fingerprint density at radius 1 is 1.71 bits per heavy atom. The Morgan fingerprint density at radius 2 is 2.43 bits per heavy atom. The quantitative estimate of drug-likeness (QED) is 0.346. The molecular weight excluding hydrogens is 270 g/mol. The molecule has 0 atom stereocenters. The Hall–Kier alpha value is -0.0377. The number of rotatable bonds is 0. The number of esters is 1. The van der Waals surface area contributed by atoms with Gasteiger partial charge in [0.15, 0.2) is 0 Å². The summed E-state index contributed by atoms with van der Waals surface area (Å²) in [6.45, 7) is 2.21. The summed E-state index contributed by atoms with van der Waals surface area (Å²) in [5.41, 5.74) is 0. The van der Waals surface area contributed by atoms with E-state index in [0.717, 1.165) is 13.4 Å². The van der Waals surface area contributed by atoms with Gasteiger partial charge < -0.3 is 9.47 Å². The summed E-state index contributed by atoms with van der Waals surface area (Å²) in [5.74, 6) is -0.394. The zero-order chi connectivity index (χ0) is 4.41. The molecule has 4 heteroatoms. The van der Waals surface area contributed by atoms with E-state index in [1.165, 1.54) is 0 Å². The average Bonchev–Trinajstić information content (AvgIpc) is 1.86. The molecule has 0 aliphatic carbocycles. The van der Waals surface area contributed by atoms with Crippen LogP contribution in [0.2, 0.25) is 0 Å². The molecule has 41 valence electrons. The number of aliphatic hydroxyl groups is 2. The van der Waals surface area contributed by atoms with Crippen molar-refractivity contribution in [2.24, 2.45) is 0 Å². The van der Waals surface area contributed by atoms with Gasteiger partial charge in [0.2, 0.25) is 5.97 Å². The van der Waals surface area contributed by atoms with Gasteiger partial charge >= 0.3 is 0 Å². The third kappa shape index (κ3) is 1.93. The number of cyclic esters (lactones) is 1. The van der Waals surface area contributed by atoms with Gasteiger partial charge in [-0.25, -0.2) is 0 Å². The van der Waals surface area contributed by atoms with Crippen LogP contribution in [-0.2, 0) is 30.0 Å². The molecule has 0 bridgehead atoms. The van der Waals surface area contributed by atoms with Gasteiger partial charge in [0.25, 0.3) is 0 Å². The molecule has 1 fully saturated rings. The molecule has 0 amide bonds. The number of carbonyl (C=O) groups is 1. The summed E-state index contributed by atoms with van der Waals surface area (Å²) >= 11 is 0. The average molecular weight is 273 g/mol. The van der Waals surface area contributed by atoms with Crippen LogP contribution in [0.25, 0.3) is 0 Å². The SMILES string of the molecule is O=C1[CH-][OH+][CH-]O1.[Re].